The van der Waals surface area contributed by atoms with E-state index in [1.807, 2.05) is 30.1 Å². The number of aryl methyl sites for hydroxylation is 1. The Morgan fingerprint density at radius 1 is 1.21 bits per heavy atom. The number of benzene rings is 1. The van der Waals surface area contributed by atoms with Crippen LogP contribution in [0.2, 0.25) is 0 Å². The highest BCUT2D eigenvalue weighted by molar-refractivity contribution is 5.77. The van der Waals surface area contributed by atoms with Crippen LogP contribution >= 0.6 is 0 Å². The lowest BCUT2D eigenvalue weighted by Crippen LogP contribution is -2.22. The smallest absolute Gasteiger partial charge is 0.258 e. The van der Waals surface area contributed by atoms with E-state index in [0.717, 1.165) is 25.1 Å². The zero-order chi connectivity index (χ0) is 16.9. The molecule has 0 aliphatic rings. The van der Waals surface area contributed by atoms with Crippen molar-refractivity contribution in [1.82, 2.24) is 25.0 Å². The van der Waals surface area contributed by atoms with E-state index in [1.54, 1.807) is 6.07 Å². The summed E-state index contributed by atoms with van der Waals surface area (Å²) in [5.74, 6) is 1.94. The van der Waals surface area contributed by atoms with Crippen LogP contribution in [0.4, 0.5) is 0 Å². The van der Waals surface area contributed by atoms with Gasteiger partial charge in [-0.25, -0.2) is 4.98 Å². The number of nitrogens with one attached hydrogen (secondary N) is 1. The minimum atomic E-state index is -0.122. The Kier molecular flexibility index (Phi) is 5.00. The molecule has 0 amide bonds. The summed E-state index contributed by atoms with van der Waals surface area (Å²) in [6.45, 7) is 3.13. The van der Waals surface area contributed by atoms with Gasteiger partial charge in [0.15, 0.2) is 5.82 Å². The van der Waals surface area contributed by atoms with Crippen LogP contribution in [0.25, 0.3) is 10.9 Å². The Morgan fingerprint density at radius 3 is 2.88 bits per heavy atom. The molecule has 2 aromatic heterocycles. The van der Waals surface area contributed by atoms with Crippen molar-refractivity contribution < 1.29 is 4.52 Å². The highest BCUT2D eigenvalue weighted by atomic mass is 16.5. The van der Waals surface area contributed by atoms with E-state index < -0.39 is 0 Å². The van der Waals surface area contributed by atoms with Crippen molar-refractivity contribution in [3.63, 3.8) is 0 Å². The average Bonchev–Trinajstić information content (AvgIpc) is 3.00. The van der Waals surface area contributed by atoms with Crippen LogP contribution in [0.15, 0.2) is 33.6 Å². The molecule has 0 aliphatic carbocycles. The fourth-order valence-electron chi connectivity index (χ4n) is 2.54. The van der Waals surface area contributed by atoms with Crippen molar-refractivity contribution >= 4 is 10.9 Å². The van der Waals surface area contributed by atoms with Gasteiger partial charge in [0, 0.05) is 6.42 Å². The molecule has 3 aromatic rings. The number of H-pyrrole nitrogens is 1. The van der Waals surface area contributed by atoms with Crippen LogP contribution in [-0.4, -0.2) is 32.1 Å². The van der Waals surface area contributed by atoms with Gasteiger partial charge in [-0.3, -0.25) is 9.69 Å². The number of hydrogen-bond acceptors (Lipinski definition) is 6. The Hall–Kier alpha value is -2.54. The summed E-state index contributed by atoms with van der Waals surface area (Å²) >= 11 is 0. The highest BCUT2D eigenvalue weighted by Crippen LogP contribution is 2.09. The van der Waals surface area contributed by atoms with Gasteiger partial charge in [-0.15, -0.1) is 0 Å². The normalized spacial score (nSPS) is 11.5. The van der Waals surface area contributed by atoms with Gasteiger partial charge in [0.1, 0.15) is 5.82 Å². The van der Waals surface area contributed by atoms with Gasteiger partial charge in [-0.1, -0.05) is 30.6 Å². The number of fused-ring (bicyclic) bond motifs is 1. The summed E-state index contributed by atoms with van der Waals surface area (Å²) in [5.41, 5.74) is 0.577. The Bertz CT molecular complexity index is 871. The van der Waals surface area contributed by atoms with Crippen LogP contribution in [0.1, 0.15) is 37.3 Å². The summed E-state index contributed by atoms with van der Waals surface area (Å²) in [6.07, 6.45) is 2.99. The predicted octanol–water partition coefficient (Wildman–Crippen LogP) is 2.28. The van der Waals surface area contributed by atoms with Crippen molar-refractivity contribution in [3.05, 3.63) is 52.2 Å². The fraction of sp³-hybridized carbons (Fsp3) is 0.412. The van der Waals surface area contributed by atoms with E-state index in [9.17, 15) is 4.79 Å². The van der Waals surface area contributed by atoms with E-state index in [-0.39, 0.29) is 5.56 Å². The van der Waals surface area contributed by atoms with Crippen molar-refractivity contribution in [3.8, 4) is 0 Å². The molecule has 1 aromatic carbocycles. The third-order valence-electron chi connectivity index (χ3n) is 3.75. The molecule has 0 spiro atoms. The molecule has 0 radical (unpaired) electrons. The first-order valence-electron chi connectivity index (χ1n) is 8.13. The van der Waals surface area contributed by atoms with Gasteiger partial charge in [0.25, 0.3) is 5.56 Å². The topological polar surface area (TPSA) is 87.9 Å². The molecular formula is C17H21N5O2. The molecule has 0 bridgehead atoms. The lowest BCUT2D eigenvalue weighted by atomic mass is 10.2. The number of para-hydroxylation sites is 1. The summed E-state index contributed by atoms with van der Waals surface area (Å²) in [5, 5.41) is 4.58. The van der Waals surface area contributed by atoms with Gasteiger partial charge in [0.2, 0.25) is 5.89 Å². The Balaban J connectivity index is 1.67. The first kappa shape index (κ1) is 16.3. The second kappa shape index (κ2) is 7.35. The number of unbranched alkanes of at least 4 members (excludes halogenated alkanes) is 1. The van der Waals surface area contributed by atoms with E-state index in [2.05, 4.69) is 27.0 Å². The standard InChI is InChI=1S/C17H21N5O2/c1-3-4-9-14-19-16(24-21-14)11-22(2)10-15-18-13-8-6-5-7-12(13)17(23)20-15/h5-8H,3-4,9-11H2,1-2H3,(H,18,20,23). The van der Waals surface area contributed by atoms with Crippen molar-refractivity contribution in [2.45, 2.75) is 39.3 Å². The van der Waals surface area contributed by atoms with E-state index in [0.29, 0.717) is 35.7 Å². The maximum atomic E-state index is 12.1. The number of hydrogen-bond donors (Lipinski definition) is 1. The van der Waals surface area contributed by atoms with Gasteiger partial charge >= 0.3 is 0 Å². The molecule has 126 valence electrons. The average molecular weight is 327 g/mol. The van der Waals surface area contributed by atoms with Gasteiger partial charge in [-0.05, 0) is 25.6 Å². The number of rotatable bonds is 7. The minimum Gasteiger partial charge on any atom is -0.338 e. The molecule has 7 nitrogen and oxygen atoms in total. The third-order valence-corrected chi connectivity index (χ3v) is 3.75. The van der Waals surface area contributed by atoms with Crippen molar-refractivity contribution in [2.75, 3.05) is 7.05 Å². The summed E-state index contributed by atoms with van der Waals surface area (Å²) in [7, 11) is 1.92. The Morgan fingerprint density at radius 2 is 2.04 bits per heavy atom. The van der Waals surface area contributed by atoms with E-state index >= 15 is 0 Å². The zero-order valence-corrected chi connectivity index (χ0v) is 14.0. The molecule has 0 unspecified atom stereocenters. The van der Waals surface area contributed by atoms with Gasteiger partial charge in [-0.2, -0.15) is 4.98 Å². The second-order valence-corrected chi connectivity index (χ2v) is 5.91. The summed E-state index contributed by atoms with van der Waals surface area (Å²) in [6, 6.07) is 7.31. The molecule has 24 heavy (non-hydrogen) atoms. The van der Waals surface area contributed by atoms with Crippen molar-refractivity contribution in [1.29, 1.82) is 0 Å². The first-order chi connectivity index (χ1) is 11.7. The molecule has 0 saturated carbocycles. The van der Waals surface area contributed by atoms with Crippen LogP contribution < -0.4 is 5.56 Å². The minimum absolute atomic E-state index is 0.122. The zero-order valence-electron chi connectivity index (χ0n) is 14.0. The summed E-state index contributed by atoms with van der Waals surface area (Å²) < 4.78 is 5.27. The molecule has 2 heterocycles. The molecule has 0 atom stereocenters. The summed E-state index contributed by atoms with van der Waals surface area (Å²) in [4.78, 5) is 25.8. The third kappa shape index (κ3) is 3.86. The molecule has 1 N–H and O–H groups in total. The lowest BCUT2D eigenvalue weighted by molar-refractivity contribution is 0.255. The molecule has 0 saturated heterocycles. The second-order valence-electron chi connectivity index (χ2n) is 5.91. The number of nitrogens with zero attached hydrogens (tertiary/aromatic N) is 4. The molecular weight excluding hydrogens is 306 g/mol. The van der Waals surface area contributed by atoms with Crippen LogP contribution in [-0.2, 0) is 19.5 Å². The molecule has 7 heteroatoms. The first-order valence-corrected chi connectivity index (χ1v) is 8.13. The Labute approximate surface area is 139 Å². The quantitative estimate of drug-likeness (QED) is 0.716. The fourth-order valence-corrected chi connectivity index (χ4v) is 2.54. The van der Waals surface area contributed by atoms with E-state index in [1.165, 1.54) is 0 Å². The lowest BCUT2D eigenvalue weighted by Gasteiger charge is -2.13. The van der Waals surface area contributed by atoms with Crippen LogP contribution in [0.3, 0.4) is 0 Å². The predicted molar refractivity (Wildman–Crippen MR) is 90.4 cm³/mol. The monoisotopic (exact) mass is 327 g/mol. The van der Waals surface area contributed by atoms with Crippen molar-refractivity contribution in [2.24, 2.45) is 0 Å². The SMILES string of the molecule is CCCCc1noc(CN(C)Cc2nc3ccccc3c(=O)[nH]2)n1. The molecule has 0 fully saturated rings. The maximum absolute atomic E-state index is 12.1. The van der Waals surface area contributed by atoms with Crippen LogP contribution in [0, 0.1) is 0 Å². The van der Waals surface area contributed by atoms with Gasteiger partial charge in [0.05, 0.1) is 24.0 Å². The van der Waals surface area contributed by atoms with Gasteiger partial charge < -0.3 is 9.51 Å². The number of aromatic nitrogens is 4. The maximum Gasteiger partial charge on any atom is 0.258 e. The highest BCUT2D eigenvalue weighted by Gasteiger charge is 2.11. The van der Waals surface area contributed by atoms with Crippen LogP contribution in [0.5, 0.6) is 0 Å². The largest absolute Gasteiger partial charge is 0.338 e. The van der Waals surface area contributed by atoms with E-state index in [4.69, 9.17) is 4.52 Å². The molecule has 3 rings (SSSR count). The molecule has 0 aliphatic heterocycles. The number of aromatic amines is 1.